The van der Waals surface area contributed by atoms with Gasteiger partial charge in [0.25, 0.3) is 0 Å². The number of terminal acetylenes is 1. The molecule has 4 heteroatoms. The van der Waals surface area contributed by atoms with Gasteiger partial charge < -0.3 is 10.0 Å². The standard InChI is InChI=1S/C21H31N3O/c1-5-7-11-19-16-24(15-17(19)6-2)21(25)22-14-20(23(3)4)18-12-9-8-10-13-18/h2,5,7-10,12-13,17,19-22,25H,11,14-16H2,1,3-4H3/b7-5-. The van der Waals surface area contributed by atoms with Crippen LogP contribution in [-0.4, -0.2) is 55.0 Å². The van der Waals surface area contributed by atoms with Gasteiger partial charge in [0.1, 0.15) is 0 Å². The number of allylic oxidation sites excluding steroid dienone is 2. The van der Waals surface area contributed by atoms with Crippen LogP contribution in [0, 0.1) is 24.2 Å². The van der Waals surface area contributed by atoms with Crippen LogP contribution in [-0.2, 0) is 0 Å². The molecule has 1 aromatic carbocycles. The zero-order chi connectivity index (χ0) is 18.2. The number of rotatable bonds is 8. The minimum absolute atomic E-state index is 0.200. The lowest BCUT2D eigenvalue weighted by molar-refractivity contribution is -0.0140. The quantitative estimate of drug-likeness (QED) is 0.432. The molecule has 2 rings (SSSR count). The summed E-state index contributed by atoms with van der Waals surface area (Å²) in [6.07, 6.45) is 10.2. The van der Waals surface area contributed by atoms with Gasteiger partial charge >= 0.3 is 0 Å². The third-order valence-electron chi connectivity index (χ3n) is 5.01. The summed E-state index contributed by atoms with van der Waals surface area (Å²) >= 11 is 0. The zero-order valence-electron chi connectivity index (χ0n) is 15.6. The third-order valence-corrected chi connectivity index (χ3v) is 5.01. The number of nitrogens with zero attached hydrogens (tertiary/aromatic N) is 2. The summed E-state index contributed by atoms with van der Waals surface area (Å²) < 4.78 is 0. The molecule has 0 saturated carbocycles. The summed E-state index contributed by atoms with van der Waals surface area (Å²) in [5, 5.41) is 13.9. The van der Waals surface area contributed by atoms with Gasteiger partial charge in [-0.1, -0.05) is 42.5 Å². The van der Waals surface area contributed by atoms with Crippen LogP contribution in [0.5, 0.6) is 0 Å². The van der Waals surface area contributed by atoms with Gasteiger partial charge in [0.2, 0.25) is 0 Å². The molecule has 1 aliphatic rings. The highest BCUT2D eigenvalue weighted by atomic mass is 16.3. The molecule has 0 bridgehead atoms. The van der Waals surface area contributed by atoms with E-state index < -0.39 is 6.35 Å². The van der Waals surface area contributed by atoms with Gasteiger partial charge in [-0.05, 0) is 38.9 Å². The Bertz CT molecular complexity index is 579. The van der Waals surface area contributed by atoms with E-state index in [9.17, 15) is 5.11 Å². The van der Waals surface area contributed by atoms with Gasteiger partial charge in [0, 0.05) is 31.6 Å². The first kappa shape index (κ1) is 19.7. The predicted octanol–water partition coefficient (Wildman–Crippen LogP) is 2.30. The number of hydrogen-bond acceptors (Lipinski definition) is 4. The Balaban J connectivity index is 1.93. The third kappa shape index (κ3) is 5.42. The number of likely N-dealkylation sites (N-methyl/N-ethyl adjacent to an activating group) is 1. The fourth-order valence-electron chi connectivity index (χ4n) is 3.46. The first-order valence-corrected chi connectivity index (χ1v) is 9.01. The van der Waals surface area contributed by atoms with Crippen LogP contribution in [0.2, 0.25) is 0 Å². The number of hydrogen-bond donors (Lipinski definition) is 2. The smallest absolute Gasteiger partial charge is 0.163 e. The lowest BCUT2D eigenvalue weighted by Gasteiger charge is -2.29. The molecule has 4 atom stereocenters. The van der Waals surface area contributed by atoms with Crippen molar-refractivity contribution in [3.8, 4) is 12.3 Å². The fraction of sp³-hybridized carbons (Fsp3) is 0.524. The molecular weight excluding hydrogens is 310 g/mol. The van der Waals surface area contributed by atoms with E-state index >= 15 is 0 Å². The second-order valence-electron chi connectivity index (χ2n) is 6.96. The van der Waals surface area contributed by atoms with E-state index in [4.69, 9.17) is 6.42 Å². The summed E-state index contributed by atoms with van der Waals surface area (Å²) in [5.74, 6) is 3.51. The summed E-state index contributed by atoms with van der Waals surface area (Å²) in [6, 6.07) is 10.6. The summed E-state index contributed by atoms with van der Waals surface area (Å²) in [6.45, 7) is 4.27. The van der Waals surface area contributed by atoms with Crippen molar-refractivity contribution >= 4 is 0 Å². The number of aliphatic hydroxyl groups is 1. The maximum Gasteiger partial charge on any atom is 0.163 e. The maximum atomic E-state index is 10.6. The van der Waals surface area contributed by atoms with Gasteiger partial charge in [0.15, 0.2) is 6.35 Å². The van der Waals surface area contributed by atoms with Crippen LogP contribution in [0.3, 0.4) is 0 Å². The Morgan fingerprint density at radius 3 is 2.68 bits per heavy atom. The molecule has 0 amide bonds. The van der Waals surface area contributed by atoms with Crippen LogP contribution >= 0.6 is 0 Å². The van der Waals surface area contributed by atoms with Gasteiger partial charge in [-0.15, -0.1) is 12.3 Å². The molecule has 0 radical (unpaired) electrons. The largest absolute Gasteiger partial charge is 0.365 e. The molecule has 1 fully saturated rings. The van der Waals surface area contributed by atoms with Gasteiger partial charge in [-0.3, -0.25) is 10.2 Å². The topological polar surface area (TPSA) is 38.7 Å². The average molecular weight is 341 g/mol. The summed E-state index contributed by atoms with van der Waals surface area (Å²) in [7, 11) is 4.12. The van der Waals surface area contributed by atoms with E-state index in [1.165, 1.54) is 5.56 Å². The molecule has 2 N–H and O–H groups in total. The Morgan fingerprint density at radius 2 is 2.08 bits per heavy atom. The van der Waals surface area contributed by atoms with Crippen molar-refractivity contribution < 1.29 is 5.11 Å². The van der Waals surface area contributed by atoms with Gasteiger partial charge in [0.05, 0.1) is 0 Å². The van der Waals surface area contributed by atoms with Gasteiger partial charge in [-0.25, -0.2) is 0 Å². The molecule has 0 aliphatic carbocycles. The normalized spacial score (nSPS) is 23.8. The maximum absolute atomic E-state index is 10.6. The predicted molar refractivity (Wildman–Crippen MR) is 104 cm³/mol. The highest BCUT2D eigenvalue weighted by Gasteiger charge is 2.34. The van der Waals surface area contributed by atoms with Crippen LogP contribution < -0.4 is 5.32 Å². The second kappa shape index (κ2) is 9.74. The number of benzene rings is 1. The van der Waals surface area contributed by atoms with Crippen molar-refractivity contribution in [3.63, 3.8) is 0 Å². The summed E-state index contributed by atoms with van der Waals surface area (Å²) in [5.41, 5.74) is 1.24. The molecule has 4 nitrogen and oxygen atoms in total. The molecule has 136 valence electrons. The van der Waals surface area contributed by atoms with Crippen molar-refractivity contribution in [3.05, 3.63) is 48.0 Å². The molecule has 1 aliphatic heterocycles. The zero-order valence-corrected chi connectivity index (χ0v) is 15.6. The first-order chi connectivity index (χ1) is 12.1. The molecule has 25 heavy (non-hydrogen) atoms. The minimum Gasteiger partial charge on any atom is -0.365 e. The number of nitrogens with one attached hydrogen (secondary N) is 1. The van der Waals surface area contributed by atoms with Gasteiger partial charge in [-0.2, -0.15) is 0 Å². The fourth-order valence-corrected chi connectivity index (χ4v) is 3.46. The van der Waals surface area contributed by atoms with Crippen LogP contribution in [0.15, 0.2) is 42.5 Å². The number of aliphatic hydroxyl groups excluding tert-OH is 1. The Morgan fingerprint density at radius 1 is 1.36 bits per heavy atom. The highest BCUT2D eigenvalue weighted by molar-refractivity contribution is 5.19. The Hall–Kier alpha value is -1.64. The molecule has 0 aromatic heterocycles. The van der Waals surface area contributed by atoms with Crippen molar-refractivity contribution in [2.75, 3.05) is 33.7 Å². The van der Waals surface area contributed by atoms with E-state index in [1.54, 1.807) is 0 Å². The van der Waals surface area contributed by atoms with E-state index in [2.05, 4.69) is 59.4 Å². The van der Waals surface area contributed by atoms with E-state index in [-0.39, 0.29) is 12.0 Å². The average Bonchev–Trinajstić information content (AvgIpc) is 3.04. The van der Waals surface area contributed by atoms with Crippen molar-refractivity contribution in [2.45, 2.75) is 25.7 Å². The molecule has 1 saturated heterocycles. The lowest BCUT2D eigenvalue weighted by atomic mass is 9.94. The molecular formula is C21H31N3O. The van der Waals surface area contributed by atoms with Crippen molar-refractivity contribution in [1.29, 1.82) is 0 Å². The lowest BCUT2D eigenvalue weighted by Crippen LogP contribution is -2.47. The summed E-state index contributed by atoms with van der Waals surface area (Å²) in [4.78, 5) is 4.22. The van der Waals surface area contributed by atoms with Crippen molar-refractivity contribution in [2.24, 2.45) is 11.8 Å². The molecule has 0 spiro atoms. The second-order valence-corrected chi connectivity index (χ2v) is 6.96. The first-order valence-electron chi connectivity index (χ1n) is 9.01. The van der Waals surface area contributed by atoms with Crippen molar-refractivity contribution in [1.82, 2.24) is 15.1 Å². The Kier molecular flexibility index (Phi) is 7.67. The Labute approximate surface area is 152 Å². The SMILES string of the molecule is C#CC1CN(C(O)NCC(c2ccccc2)N(C)C)CC1C/C=C\C. The van der Waals surface area contributed by atoms with E-state index in [1.807, 2.05) is 25.1 Å². The molecule has 4 unspecified atom stereocenters. The highest BCUT2D eigenvalue weighted by Crippen LogP contribution is 2.27. The molecule has 1 aromatic rings. The monoisotopic (exact) mass is 341 g/mol. The van der Waals surface area contributed by atoms with Crippen LogP contribution in [0.4, 0.5) is 0 Å². The number of likely N-dealkylation sites (tertiary alicyclic amines) is 1. The van der Waals surface area contributed by atoms with Crippen LogP contribution in [0.1, 0.15) is 24.9 Å². The minimum atomic E-state index is -0.669. The van der Waals surface area contributed by atoms with Crippen LogP contribution in [0.25, 0.3) is 0 Å². The molecule has 1 heterocycles. The van der Waals surface area contributed by atoms with E-state index in [0.717, 1.165) is 19.5 Å². The van der Waals surface area contributed by atoms with E-state index in [0.29, 0.717) is 12.5 Å².